The number of aromatic amines is 1. The van der Waals surface area contributed by atoms with Crippen LogP contribution in [0.1, 0.15) is 11.1 Å². The molecule has 0 unspecified atom stereocenters. The smallest absolute Gasteiger partial charge is 0.0531 e. The molecule has 1 aromatic heterocycles. The van der Waals surface area contributed by atoms with Crippen LogP contribution < -0.4 is 0 Å². The molecule has 0 amide bonds. The van der Waals surface area contributed by atoms with E-state index in [1.54, 1.807) is 0 Å². The predicted octanol–water partition coefficient (Wildman–Crippen LogP) is 3.29. The van der Waals surface area contributed by atoms with Gasteiger partial charge in [0.25, 0.3) is 0 Å². The van der Waals surface area contributed by atoms with Gasteiger partial charge in [-0.2, -0.15) is 0 Å². The third kappa shape index (κ3) is 1.43. The van der Waals surface area contributed by atoms with Crippen LogP contribution in [0.15, 0.2) is 29.5 Å². The van der Waals surface area contributed by atoms with Crippen molar-refractivity contribution in [2.24, 2.45) is 5.11 Å². The molecule has 2 aromatic rings. The molecule has 1 N–H and O–H groups in total. The summed E-state index contributed by atoms with van der Waals surface area (Å²) in [6.07, 6.45) is 1.89. The van der Waals surface area contributed by atoms with Gasteiger partial charge in [0.05, 0.1) is 6.54 Å². The van der Waals surface area contributed by atoms with E-state index in [0.29, 0.717) is 6.54 Å². The first-order valence-corrected chi connectivity index (χ1v) is 4.39. The zero-order valence-electron chi connectivity index (χ0n) is 7.86. The Balaban J connectivity index is 2.54. The number of aromatic nitrogens is 1. The van der Waals surface area contributed by atoms with Gasteiger partial charge < -0.3 is 4.98 Å². The van der Waals surface area contributed by atoms with Crippen molar-refractivity contribution in [2.75, 3.05) is 0 Å². The van der Waals surface area contributed by atoms with Crippen molar-refractivity contribution in [3.8, 4) is 0 Å². The van der Waals surface area contributed by atoms with Gasteiger partial charge in [-0.15, -0.1) is 0 Å². The lowest BCUT2D eigenvalue weighted by molar-refractivity contribution is 1.06. The fraction of sp³-hybridized carbons (Fsp3) is 0.200. The zero-order chi connectivity index (χ0) is 9.97. The van der Waals surface area contributed by atoms with Crippen LogP contribution in [-0.2, 0) is 6.54 Å². The maximum atomic E-state index is 8.24. The van der Waals surface area contributed by atoms with Crippen molar-refractivity contribution in [1.82, 2.24) is 4.98 Å². The van der Waals surface area contributed by atoms with Gasteiger partial charge in [-0.3, -0.25) is 0 Å². The minimum Gasteiger partial charge on any atom is -0.361 e. The topological polar surface area (TPSA) is 64.5 Å². The van der Waals surface area contributed by atoms with Gasteiger partial charge >= 0.3 is 0 Å². The third-order valence-corrected chi connectivity index (χ3v) is 2.23. The predicted molar refractivity (Wildman–Crippen MR) is 55.9 cm³/mol. The van der Waals surface area contributed by atoms with E-state index in [0.717, 1.165) is 16.5 Å². The summed E-state index contributed by atoms with van der Waals surface area (Å²) in [5.41, 5.74) is 11.6. The van der Waals surface area contributed by atoms with Crippen molar-refractivity contribution in [2.45, 2.75) is 13.5 Å². The van der Waals surface area contributed by atoms with Crippen LogP contribution in [0.4, 0.5) is 0 Å². The number of H-pyrrole nitrogens is 1. The quantitative estimate of drug-likeness (QED) is 0.425. The summed E-state index contributed by atoms with van der Waals surface area (Å²) in [5.74, 6) is 0. The SMILES string of the molecule is Cc1ccc2[nH]cc(CN=[N+]=[N-])c2c1. The summed E-state index contributed by atoms with van der Waals surface area (Å²) in [4.78, 5) is 5.89. The van der Waals surface area contributed by atoms with Crippen molar-refractivity contribution in [3.63, 3.8) is 0 Å². The lowest BCUT2D eigenvalue weighted by Crippen LogP contribution is -1.77. The normalized spacial score (nSPS) is 10.1. The molecule has 0 aliphatic heterocycles. The summed E-state index contributed by atoms with van der Waals surface area (Å²) in [6, 6.07) is 6.18. The summed E-state index contributed by atoms with van der Waals surface area (Å²) in [5, 5.41) is 4.69. The molecular formula is C10H10N4. The Kier molecular flexibility index (Phi) is 2.13. The van der Waals surface area contributed by atoms with E-state index >= 15 is 0 Å². The van der Waals surface area contributed by atoms with E-state index in [9.17, 15) is 0 Å². The third-order valence-electron chi connectivity index (χ3n) is 2.23. The van der Waals surface area contributed by atoms with Gasteiger partial charge in [0.15, 0.2) is 0 Å². The number of fused-ring (bicyclic) bond motifs is 1. The highest BCUT2D eigenvalue weighted by Gasteiger charge is 2.01. The lowest BCUT2D eigenvalue weighted by atomic mass is 10.1. The van der Waals surface area contributed by atoms with Gasteiger partial charge in [0, 0.05) is 22.0 Å². The lowest BCUT2D eigenvalue weighted by Gasteiger charge is -1.95. The second kappa shape index (κ2) is 3.44. The van der Waals surface area contributed by atoms with E-state index in [1.807, 2.05) is 19.2 Å². The number of azide groups is 1. The van der Waals surface area contributed by atoms with E-state index in [4.69, 9.17) is 5.53 Å². The van der Waals surface area contributed by atoms with Gasteiger partial charge in [-0.25, -0.2) is 0 Å². The van der Waals surface area contributed by atoms with E-state index in [2.05, 4.69) is 27.1 Å². The second-order valence-corrected chi connectivity index (χ2v) is 3.25. The van der Waals surface area contributed by atoms with Gasteiger partial charge in [-0.1, -0.05) is 16.7 Å². The molecule has 0 spiro atoms. The van der Waals surface area contributed by atoms with E-state index in [1.165, 1.54) is 5.56 Å². The Labute approximate surface area is 81.2 Å². The molecule has 4 nitrogen and oxygen atoms in total. The molecule has 0 bridgehead atoms. The molecule has 0 aliphatic rings. The maximum absolute atomic E-state index is 8.24. The van der Waals surface area contributed by atoms with Crippen LogP contribution in [0.3, 0.4) is 0 Å². The number of nitrogens with zero attached hydrogens (tertiary/aromatic N) is 3. The van der Waals surface area contributed by atoms with Crippen LogP contribution >= 0.6 is 0 Å². The Bertz CT molecular complexity index is 506. The Morgan fingerprint density at radius 1 is 1.50 bits per heavy atom. The summed E-state index contributed by atoms with van der Waals surface area (Å²) in [6.45, 7) is 2.45. The Hall–Kier alpha value is -1.93. The molecule has 0 saturated carbocycles. The summed E-state index contributed by atoms with van der Waals surface area (Å²) >= 11 is 0. The van der Waals surface area contributed by atoms with Crippen LogP contribution in [0.2, 0.25) is 0 Å². The molecule has 70 valence electrons. The molecule has 4 heteroatoms. The molecule has 0 fully saturated rings. The molecule has 0 atom stereocenters. The van der Waals surface area contributed by atoms with Gasteiger partial charge in [0.2, 0.25) is 0 Å². The average molecular weight is 186 g/mol. The minimum atomic E-state index is 0.403. The highest BCUT2D eigenvalue weighted by atomic mass is 15.1. The first kappa shape index (κ1) is 8.66. The number of hydrogen-bond donors (Lipinski definition) is 1. The van der Waals surface area contributed by atoms with Gasteiger partial charge in [0.1, 0.15) is 0 Å². The molecule has 0 aliphatic carbocycles. The zero-order valence-corrected chi connectivity index (χ0v) is 7.86. The highest BCUT2D eigenvalue weighted by Crippen LogP contribution is 2.20. The van der Waals surface area contributed by atoms with Crippen LogP contribution in [0.25, 0.3) is 21.3 Å². The molecule has 1 aromatic carbocycles. The Morgan fingerprint density at radius 2 is 2.36 bits per heavy atom. The summed E-state index contributed by atoms with van der Waals surface area (Å²) in [7, 11) is 0. The number of nitrogens with one attached hydrogen (secondary N) is 1. The molecule has 0 radical (unpaired) electrons. The van der Waals surface area contributed by atoms with Crippen LogP contribution in [-0.4, -0.2) is 4.98 Å². The number of hydrogen-bond acceptors (Lipinski definition) is 1. The standard InChI is InChI=1S/C10H10N4/c1-7-2-3-10-9(4-7)8(5-12-10)6-13-14-11/h2-5,12H,6H2,1H3. The largest absolute Gasteiger partial charge is 0.361 e. The van der Waals surface area contributed by atoms with Crippen molar-refractivity contribution >= 4 is 10.9 Å². The van der Waals surface area contributed by atoms with Crippen molar-refractivity contribution in [1.29, 1.82) is 0 Å². The number of rotatable bonds is 2. The number of benzene rings is 1. The van der Waals surface area contributed by atoms with E-state index in [-0.39, 0.29) is 0 Å². The minimum absolute atomic E-state index is 0.403. The van der Waals surface area contributed by atoms with Crippen molar-refractivity contribution in [3.05, 3.63) is 46.0 Å². The first-order valence-electron chi connectivity index (χ1n) is 4.39. The molecular weight excluding hydrogens is 176 g/mol. The molecule has 0 saturated heterocycles. The van der Waals surface area contributed by atoms with Crippen LogP contribution in [0, 0.1) is 6.92 Å². The first-order chi connectivity index (χ1) is 6.81. The average Bonchev–Trinajstić information content (AvgIpc) is 2.57. The molecule has 2 rings (SSSR count). The number of aryl methyl sites for hydroxylation is 1. The molecule has 14 heavy (non-hydrogen) atoms. The fourth-order valence-electron chi connectivity index (χ4n) is 1.53. The fourth-order valence-corrected chi connectivity index (χ4v) is 1.53. The maximum Gasteiger partial charge on any atom is 0.0531 e. The highest BCUT2D eigenvalue weighted by molar-refractivity contribution is 5.83. The van der Waals surface area contributed by atoms with E-state index < -0.39 is 0 Å². The van der Waals surface area contributed by atoms with Gasteiger partial charge in [-0.05, 0) is 30.2 Å². The van der Waals surface area contributed by atoms with Crippen molar-refractivity contribution < 1.29 is 0 Å². The monoisotopic (exact) mass is 186 g/mol. The summed E-state index contributed by atoms with van der Waals surface area (Å²) < 4.78 is 0. The van der Waals surface area contributed by atoms with Crippen LogP contribution in [0.5, 0.6) is 0 Å². The molecule has 1 heterocycles. The Morgan fingerprint density at radius 3 is 3.14 bits per heavy atom. The second-order valence-electron chi connectivity index (χ2n) is 3.25.